The maximum atomic E-state index is 12.8. The molecule has 2 N–H and O–H groups in total. The zero-order valence-corrected chi connectivity index (χ0v) is 17.7. The van der Waals surface area contributed by atoms with Crippen LogP contribution in [0, 0.1) is 13.8 Å². The first-order valence-electron chi connectivity index (χ1n) is 10.1. The van der Waals surface area contributed by atoms with Gasteiger partial charge in [0.05, 0.1) is 12.0 Å². The van der Waals surface area contributed by atoms with Gasteiger partial charge in [-0.05, 0) is 67.4 Å². The number of benzene rings is 2. The number of carbonyl (C=O) groups is 3. The summed E-state index contributed by atoms with van der Waals surface area (Å²) in [6.07, 6.45) is 1.90. The number of hydrogen-bond acceptors (Lipinski definition) is 5. The van der Waals surface area contributed by atoms with E-state index in [-0.39, 0.29) is 42.0 Å². The topological polar surface area (TPSA) is 104 Å². The van der Waals surface area contributed by atoms with Crippen LogP contribution in [0.4, 0.5) is 17.1 Å². The van der Waals surface area contributed by atoms with Gasteiger partial charge in [-0.1, -0.05) is 12.1 Å². The maximum absolute atomic E-state index is 12.8. The molecule has 4 rings (SSSR count). The Morgan fingerprint density at radius 2 is 1.62 bits per heavy atom. The van der Waals surface area contributed by atoms with Gasteiger partial charge < -0.3 is 15.1 Å². The van der Waals surface area contributed by atoms with E-state index in [1.807, 2.05) is 32.0 Å². The lowest BCUT2D eigenvalue weighted by Gasteiger charge is -2.24. The Bertz CT molecular complexity index is 1200. The third kappa shape index (κ3) is 4.59. The molecule has 32 heavy (non-hydrogen) atoms. The second-order valence-corrected chi connectivity index (χ2v) is 7.51. The van der Waals surface area contributed by atoms with Gasteiger partial charge in [0.1, 0.15) is 5.71 Å². The molecule has 0 unspecified atom stereocenters. The Kier molecular flexibility index (Phi) is 5.85. The fraction of sp³-hybridized carbons (Fsp3) is 0.167. The van der Waals surface area contributed by atoms with Crippen LogP contribution in [0.5, 0.6) is 0 Å². The summed E-state index contributed by atoms with van der Waals surface area (Å²) in [5.74, 6) is -0.674. The van der Waals surface area contributed by atoms with Crippen molar-refractivity contribution in [2.45, 2.75) is 26.7 Å². The summed E-state index contributed by atoms with van der Waals surface area (Å²) in [4.78, 5) is 37.2. The van der Waals surface area contributed by atoms with Gasteiger partial charge in [0.15, 0.2) is 5.76 Å². The minimum Gasteiger partial charge on any atom is -0.459 e. The summed E-state index contributed by atoms with van der Waals surface area (Å²) >= 11 is 0. The van der Waals surface area contributed by atoms with Gasteiger partial charge in [-0.3, -0.25) is 14.4 Å². The minimum atomic E-state index is -0.375. The molecule has 0 bridgehead atoms. The normalized spacial score (nSPS) is 13.5. The van der Waals surface area contributed by atoms with Crippen molar-refractivity contribution < 1.29 is 18.8 Å². The lowest BCUT2D eigenvalue weighted by Crippen LogP contribution is -2.36. The van der Waals surface area contributed by atoms with Crippen LogP contribution in [-0.2, 0) is 9.59 Å². The maximum Gasteiger partial charge on any atom is 0.291 e. The highest BCUT2D eigenvalue weighted by atomic mass is 16.3. The molecule has 0 radical (unpaired) electrons. The third-order valence-corrected chi connectivity index (χ3v) is 5.03. The molecule has 0 fully saturated rings. The van der Waals surface area contributed by atoms with Gasteiger partial charge in [-0.15, -0.1) is 0 Å². The van der Waals surface area contributed by atoms with E-state index in [1.165, 1.54) is 11.3 Å². The van der Waals surface area contributed by atoms with Crippen LogP contribution in [-0.4, -0.2) is 23.4 Å². The van der Waals surface area contributed by atoms with Crippen LogP contribution < -0.4 is 15.6 Å². The van der Waals surface area contributed by atoms with Crippen LogP contribution in [0.15, 0.2) is 70.4 Å². The zero-order valence-electron chi connectivity index (χ0n) is 17.7. The van der Waals surface area contributed by atoms with Gasteiger partial charge in [0, 0.05) is 24.2 Å². The number of hydrogen-bond donors (Lipinski definition) is 2. The number of carbonyl (C=O) groups excluding carboxylic acids is 3. The quantitative estimate of drug-likeness (QED) is 0.631. The molecule has 2 aromatic carbocycles. The molecular weight excluding hydrogens is 408 g/mol. The lowest BCUT2D eigenvalue weighted by molar-refractivity contribution is -0.118. The predicted molar refractivity (Wildman–Crippen MR) is 122 cm³/mol. The SMILES string of the molecule is Cc1ccc(C)c(N2N=C(C(=O)Nc3ccc(NC(=O)c4ccco4)cc3)CCC2=O)c1. The Morgan fingerprint density at radius 1 is 0.938 bits per heavy atom. The number of nitrogens with one attached hydrogen (secondary N) is 2. The van der Waals surface area contributed by atoms with E-state index in [0.29, 0.717) is 17.1 Å². The van der Waals surface area contributed by atoms with E-state index in [0.717, 1.165) is 11.1 Å². The highest BCUT2D eigenvalue weighted by molar-refractivity contribution is 6.44. The van der Waals surface area contributed by atoms with Crippen molar-refractivity contribution in [3.8, 4) is 0 Å². The predicted octanol–water partition coefficient (Wildman–Crippen LogP) is 4.27. The average Bonchev–Trinajstić information content (AvgIpc) is 3.32. The van der Waals surface area contributed by atoms with Gasteiger partial charge in [-0.2, -0.15) is 5.10 Å². The van der Waals surface area contributed by atoms with Crippen molar-refractivity contribution >= 4 is 40.5 Å². The number of rotatable bonds is 5. The molecule has 8 nitrogen and oxygen atoms in total. The molecule has 162 valence electrons. The van der Waals surface area contributed by atoms with Gasteiger partial charge in [-0.25, -0.2) is 5.01 Å². The summed E-state index contributed by atoms with van der Waals surface area (Å²) in [5.41, 5.74) is 3.97. The Labute approximate surface area is 184 Å². The molecule has 1 aliphatic heterocycles. The Balaban J connectivity index is 1.45. The molecule has 0 aliphatic carbocycles. The smallest absolute Gasteiger partial charge is 0.291 e. The van der Waals surface area contributed by atoms with Crippen LogP contribution in [0.25, 0.3) is 0 Å². The van der Waals surface area contributed by atoms with Crippen molar-refractivity contribution in [1.82, 2.24) is 0 Å². The fourth-order valence-electron chi connectivity index (χ4n) is 3.29. The standard InChI is InChI=1S/C24H22N4O4/c1-15-5-6-16(2)20(14-15)28-22(29)12-11-19(27-28)23(30)25-17-7-9-18(10-8-17)26-24(31)21-4-3-13-32-21/h3-10,13-14H,11-12H2,1-2H3,(H,25,30)(H,26,31). The van der Waals surface area contributed by atoms with E-state index >= 15 is 0 Å². The molecule has 1 aliphatic rings. The van der Waals surface area contributed by atoms with Crippen molar-refractivity contribution in [2.75, 3.05) is 15.6 Å². The van der Waals surface area contributed by atoms with Gasteiger partial charge in [0.2, 0.25) is 5.91 Å². The summed E-state index contributed by atoms with van der Waals surface area (Å²) in [5, 5.41) is 11.2. The number of amides is 3. The summed E-state index contributed by atoms with van der Waals surface area (Å²) < 4.78 is 5.06. The van der Waals surface area contributed by atoms with Gasteiger partial charge in [0.25, 0.3) is 11.8 Å². The van der Waals surface area contributed by atoms with Crippen LogP contribution >= 0.6 is 0 Å². The first-order valence-corrected chi connectivity index (χ1v) is 10.1. The Morgan fingerprint density at radius 3 is 2.28 bits per heavy atom. The van der Waals surface area contributed by atoms with Crippen molar-refractivity contribution in [3.05, 3.63) is 77.7 Å². The van der Waals surface area contributed by atoms with Crippen LogP contribution in [0.3, 0.4) is 0 Å². The van der Waals surface area contributed by atoms with Crippen molar-refractivity contribution in [1.29, 1.82) is 0 Å². The number of aryl methyl sites for hydroxylation is 2. The lowest BCUT2D eigenvalue weighted by atomic mass is 10.1. The molecule has 1 aromatic heterocycles. The molecule has 0 spiro atoms. The minimum absolute atomic E-state index is 0.146. The van der Waals surface area contributed by atoms with Gasteiger partial charge >= 0.3 is 0 Å². The largest absolute Gasteiger partial charge is 0.459 e. The second kappa shape index (κ2) is 8.89. The monoisotopic (exact) mass is 430 g/mol. The Hall–Kier alpha value is -4.20. The van der Waals surface area contributed by atoms with Crippen LogP contribution in [0.2, 0.25) is 0 Å². The van der Waals surface area contributed by atoms with E-state index < -0.39 is 0 Å². The zero-order chi connectivity index (χ0) is 22.7. The highest BCUT2D eigenvalue weighted by Gasteiger charge is 2.26. The number of furan rings is 1. The molecule has 0 atom stereocenters. The second-order valence-electron chi connectivity index (χ2n) is 7.51. The van der Waals surface area contributed by atoms with E-state index in [2.05, 4.69) is 15.7 Å². The molecule has 3 aromatic rings. The van der Waals surface area contributed by atoms with Crippen molar-refractivity contribution in [2.24, 2.45) is 5.10 Å². The third-order valence-electron chi connectivity index (χ3n) is 5.03. The molecule has 0 saturated carbocycles. The van der Waals surface area contributed by atoms with E-state index in [9.17, 15) is 14.4 Å². The fourth-order valence-corrected chi connectivity index (χ4v) is 3.29. The first-order chi connectivity index (χ1) is 15.4. The molecular formula is C24H22N4O4. The molecule has 0 saturated heterocycles. The molecule has 3 amide bonds. The van der Waals surface area contributed by atoms with Crippen molar-refractivity contribution in [3.63, 3.8) is 0 Å². The van der Waals surface area contributed by atoms with Crippen LogP contribution in [0.1, 0.15) is 34.5 Å². The summed E-state index contributed by atoms with van der Waals surface area (Å²) in [6, 6.07) is 15.7. The average molecular weight is 430 g/mol. The molecule has 8 heteroatoms. The number of anilines is 3. The van der Waals surface area contributed by atoms with E-state index in [1.54, 1.807) is 36.4 Å². The summed E-state index contributed by atoms with van der Waals surface area (Å²) in [6.45, 7) is 3.84. The highest BCUT2D eigenvalue weighted by Crippen LogP contribution is 2.26. The summed E-state index contributed by atoms with van der Waals surface area (Å²) in [7, 11) is 0. The number of nitrogens with zero attached hydrogens (tertiary/aromatic N) is 2. The number of hydrazone groups is 1. The van der Waals surface area contributed by atoms with E-state index in [4.69, 9.17) is 4.42 Å². The molecule has 2 heterocycles. The first kappa shape index (κ1) is 21.0.